The van der Waals surface area contributed by atoms with Crippen LogP contribution in [-0.4, -0.2) is 72.4 Å². The van der Waals surface area contributed by atoms with Crippen LogP contribution in [0.3, 0.4) is 0 Å². The van der Waals surface area contributed by atoms with E-state index in [2.05, 4.69) is 47.5 Å². The van der Waals surface area contributed by atoms with Crippen molar-refractivity contribution in [3.05, 3.63) is 87.6 Å². The Morgan fingerprint density at radius 2 is 1.54 bits per heavy atom. The molecule has 2 amide bonds. The third-order valence-electron chi connectivity index (χ3n) is 6.98. The lowest BCUT2D eigenvalue weighted by molar-refractivity contribution is -0.141. The van der Waals surface area contributed by atoms with E-state index in [0.717, 1.165) is 13.0 Å². The summed E-state index contributed by atoms with van der Waals surface area (Å²) >= 11 is 1.81. The number of hydrogen-bond donors (Lipinski definition) is 0. The molecule has 1 aromatic heterocycles. The van der Waals surface area contributed by atoms with Gasteiger partial charge in [-0.15, -0.1) is 11.3 Å². The molecule has 182 valence electrons. The fraction of sp³-hybridized carbons (Fsp3) is 0.357. The van der Waals surface area contributed by atoms with Gasteiger partial charge in [-0.2, -0.15) is 0 Å². The number of aryl methyl sites for hydroxylation is 1. The monoisotopic (exact) mass is 489 g/mol. The van der Waals surface area contributed by atoms with Crippen molar-refractivity contribution in [2.75, 3.05) is 45.9 Å². The van der Waals surface area contributed by atoms with Gasteiger partial charge in [0.05, 0.1) is 12.6 Å². The largest absolute Gasteiger partial charge is 0.484 e. The zero-order valence-electron chi connectivity index (χ0n) is 20.1. The number of ether oxygens (including phenoxy) is 1. The quantitative estimate of drug-likeness (QED) is 0.529. The first-order chi connectivity index (χ1) is 17.1. The van der Waals surface area contributed by atoms with Gasteiger partial charge in [0.25, 0.3) is 5.91 Å². The minimum atomic E-state index is -0.0402. The normalized spacial score (nSPS) is 18.3. The van der Waals surface area contributed by atoms with Crippen molar-refractivity contribution < 1.29 is 14.3 Å². The molecule has 0 unspecified atom stereocenters. The van der Waals surface area contributed by atoms with E-state index in [1.165, 1.54) is 21.6 Å². The number of carbonyl (C=O) groups excluding carboxylic acids is 2. The van der Waals surface area contributed by atoms with Crippen molar-refractivity contribution in [2.24, 2.45) is 0 Å². The molecule has 2 aliphatic heterocycles. The van der Waals surface area contributed by atoms with Gasteiger partial charge in [0, 0.05) is 37.6 Å². The number of hydrogen-bond acceptors (Lipinski definition) is 5. The third kappa shape index (κ3) is 5.26. The van der Waals surface area contributed by atoms with Gasteiger partial charge in [-0.05, 0) is 53.6 Å². The maximum absolute atomic E-state index is 13.3. The standard InChI is InChI=1S/C28H31N3O3S/c1-21-7-5-6-10-23(21)28-24-12-18-35-25(24)11-13-31(28)19-26(32)29-14-16-30(17-15-29)27(33)20-34-22-8-3-2-4-9-22/h2-10,12,18,28H,11,13-17,19-20H2,1H3/t28-/m1/s1. The Morgan fingerprint density at radius 3 is 2.29 bits per heavy atom. The average molecular weight is 490 g/mol. The fourth-order valence-corrected chi connectivity index (χ4v) is 5.93. The van der Waals surface area contributed by atoms with Gasteiger partial charge >= 0.3 is 0 Å². The second kappa shape index (κ2) is 10.6. The number of thiophene rings is 1. The van der Waals surface area contributed by atoms with E-state index < -0.39 is 0 Å². The van der Waals surface area contributed by atoms with Crippen LogP contribution in [-0.2, 0) is 16.0 Å². The van der Waals surface area contributed by atoms with E-state index in [1.54, 1.807) is 4.90 Å². The predicted octanol–water partition coefficient (Wildman–Crippen LogP) is 3.75. The lowest BCUT2D eigenvalue weighted by Gasteiger charge is -2.39. The zero-order valence-corrected chi connectivity index (χ0v) is 20.9. The Hall–Kier alpha value is -3.16. The summed E-state index contributed by atoms with van der Waals surface area (Å²) in [5.74, 6) is 0.782. The van der Waals surface area contributed by atoms with E-state index in [9.17, 15) is 9.59 Å². The van der Waals surface area contributed by atoms with Crippen molar-refractivity contribution in [3.8, 4) is 5.75 Å². The Balaban J connectivity index is 1.19. The first-order valence-electron chi connectivity index (χ1n) is 12.2. The Bertz CT molecular complexity index is 1170. The summed E-state index contributed by atoms with van der Waals surface area (Å²) in [7, 11) is 0. The number of rotatable bonds is 6. The van der Waals surface area contributed by atoms with Crippen molar-refractivity contribution in [1.82, 2.24) is 14.7 Å². The number of benzene rings is 2. The molecule has 3 aromatic rings. The van der Waals surface area contributed by atoms with Crippen LogP contribution in [0.4, 0.5) is 0 Å². The number of carbonyl (C=O) groups is 2. The summed E-state index contributed by atoms with van der Waals surface area (Å²) < 4.78 is 5.60. The van der Waals surface area contributed by atoms with Crippen LogP contribution in [0.25, 0.3) is 0 Å². The number of para-hydroxylation sites is 1. The van der Waals surface area contributed by atoms with Gasteiger partial charge < -0.3 is 14.5 Å². The molecule has 1 atom stereocenters. The van der Waals surface area contributed by atoms with Crippen molar-refractivity contribution in [3.63, 3.8) is 0 Å². The second-order valence-electron chi connectivity index (χ2n) is 9.14. The molecule has 0 saturated carbocycles. The van der Waals surface area contributed by atoms with Gasteiger partial charge in [0.2, 0.25) is 5.91 Å². The maximum atomic E-state index is 13.3. The van der Waals surface area contributed by atoms with Crippen molar-refractivity contribution in [2.45, 2.75) is 19.4 Å². The molecule has 0 radical (unpaired) electrons. The molecular weight excluding hydrogens is 458 g/mol. The Kier molecular flexibility index (Phi) is 7.16. The van der Waals surface area contributed by atoms with E-state index in [1.807, 2.05) is 46.6 Å². The number of piperazine rings is 1. The molecule has 1 fully saturated rings. The van der Waals surface area contributed by atoms with Crippen LogP contribution in [0, 0.1) is 6.92 Å². The summed E-state index contributed by atoms with van der Waals surface area (Å²) in [6.07, 6.45) is 0.979. The molecule has 7 heteroatoms. The van der Waals surface area contributed by atoms with E-state index in [-0.39, 0.29) is 24.5 Å². The van der Waals surface area contributed by atoms with E-state index >= 15 is 0 Å². The SMILES string of the molecule is Cc1ccccc1[C@@H]1c2ccsc2CCN1CC(=O)N1CCN(C(=O)COc2ccccc2)CC1. The molecule has 2 aromatic carbocycles. The Morgan fingerprint density at radius 1 is 0.857 bits per heavy atom. The van der Waals surface area contributed by atoms with Gasteiger partial charge in [-0.25, -0.2) is 0 Å². The number of fused-ring (bicyclic) bond motifs is 1. The summed E-state index contributed by atoms with van der Waals surface area (Å²) in [6.45, 7) is 5.62. The molecule has 0 bridgehead atoms. The highest BCUT2D eigenvalue weighted by molar-refractivity contribution is 7.10. The van der Waals surface area contributed by atoms with Crippen LogP contribution < -0.4 is 4.74 Å². The van der Waals surface area contributed by atoms with E-state index in [4.69, 9.17) is 4.74 Å². The van der Waals surface area contributed by atoms with Crippen LogP contribution in [0.2, 0.25) is 0 Å². The van der Waals surface area contributed by atoms with Gasteiger partial charge in [0.15, 0.2) is 6.61 Å². The summed E-state index contributed by atoms with van der Waals surface area (Å²) in [5, 5.41) is 2.17. The fourth-order valence-electron chi connectivity index (χ4n) is 5.03. The molecule has 6 nitrogen and oxygen atoms in total. The van der Waals surface area contributed by atoms with Crippen LogP contribution in [0.5, 0.6) is 5.75 Å². The highest BCUT2D eigenvalue weighted by atomic mass is 32.1. The topological polar surface area (TPSA) is 53.1 Å². The average Bonchev–Trinajstić information content (AvgIpc) is 3.37. The molecule has 3 heterocycles. The molecule has 1 saturated heterocycles. The lowest BCUT2D eigenvalue weighted by Crippen LogP contribution is -2.54. The van der Waals surface area contributed by atoms with Gasteiger partial charge in [-0.3, -0.25) is 14.5 Å². The van der Waals surface area contributed by atoms with E-state index in [0.29, 0.717) is 38.5 Å². The number of amides is 2. The van der Waals surface area contributed by atoms with Gasteiger partial charge in [0.1, 0.15) is 5.75 Å². The summed E-state index contributed by atoms with van der Waals surface area (Å²) in [6, 6.07) is 20.2. The van der Waals surface area contributed by atoms with Crippen LogP contribution >= 0.6 is 11.3 Å². The van der Waals surface area contributed by atoms with Crippen LogP contribution in [0.15, 0.2) is 66.0 Å². The highest BCUT2D eigenvalue weighted by Crippen LogP contribution is 2.38. The Labute approximate surface area is 210 Å². The number of nitrogens with zero attached hydrogens (tertiary/aromatic N) is 3. The molecule has 5 rings (SSSR count). The molecule has 0 aliphatic carbocycles. The van der Waals surface area contributed by atoms with Crippen LogP contribution in [0.1, 0.15) is 27.6 Å². The molecule has 35 heavy (non-hydrogen) atoms. The molecular formula is C28H31N3O3S. The maximum Gasteiger partial charge on any atom is 0.260 e. The lowest BCUT2D eigenvalue weighted by atomic mass is 9.90. The minimum Gasteiger partial charge on any atom is -0.484 e. The molecule has 0 spiro atoms. The first-order valence-corrected chi connectivity index (χ1v) is 13.1. The summed E-state index contributed by atoms with van der Waals surface area (Å²) in [4.78, 5) is 33.3. The molecule has 2 aliphatic rings. The predicted molar refractivity (Wildman–Crippen MR) is 138 cm³/mol. The smallest absolute Gasteiger partial charge is 0.260 e. The summed E-state index contributed by atoms with van der Waals surface area (Å²) in [5.41, 5.74) is 3.85. The highest BCUT2D eigenvalue weighted by Gasteiger charge is 2.33. The first kappa shape index (κ1) is 23.6. The third-order valence-corrected chi connectivity index (χ3v) is 7.97. The molecule has 0 N–H and O–H groups in total. The van der Waals surface area contributed by atoms with Crippen molar-refractivity contribution >= 4 is 23.2 Å². The minimum absolute atomic E-state index is 0.0207. The zero-order chi connectivity index (χ0) is 24.2. The van der Waals surface area contributed by atoms with Gasteiger partial charge in [-0.1, -0.05) is 42.5 Å². The second-order valence-corrected chi connectivity index (χ2v) is 10.1. The van der Waals surface area contributed by atoms with Crippen molar-refractivity contribution in [1.29, 1.82) is 0 Å².